The molecule has 1 aliphatic rings. The first-order valence-electron chi connectivity index (χ1n) is 5.47. The average molecular weight is 259 g/mol. The number of alkyl halides is 2. The molecule has 1 saturated heterocycles. The second-order valence-electron chi connectivity index (χ2n) is 4.28. The van der Waals surface area contributed by atoms with Crippen molar-refractivity contribution in [2.75, 3.05) is 11.9 Å². The molecule has 1 heterocycles. The molecule has 1 N–H and O–H groups in total. The third-order valence-corrected chi connectivity index (χ3v) is 2.75. The van der Waals surface area contributed by atoms with Gasteiger partial charge in [0, 0.05) is 5.69 Å². The summed E-state index contributed by atoms with van der Waals surface area (Å²) >= 11 is 0. The first kappa shape index (κ1) is 12.7. The molecule has 1 atom stereocenters. The van der Waals surface area contributed by atoms with Crippen LogP contribution in [-0.2, 0) is 9.53 Å². The predicted octanol–water partition coefficient (Wildman–Crippen LogP) is 2.50. The summed E-state index contributed by atoms with van der Waals surface area (Å²) in [6, 6.07) is 4.34. The fourth-order valence-corrected chi connectivity index (χ4v) is 1.75. The summed E-state index contributed by atoms with van der Waals surface area (Å²) in [5.74, 6) is -5.21. The van der Waals surface area contributed by atoms with E-state index < -0.39 is 24.4 Å². The summed E-state index contributed by atoms with van der Waals surface area (Å²) in [6.45, 7) is 1.68. The normalized spacial score (nSPS) is 21.8. The van der Waals surface area contributed by atoms with Crippen molar-refractivity contribution in [3.05, 3.63) is 29.6 Å². The van der Waals surface area contributed by atoms with Gasteiger partial charge in [0.2, 0.25) is 0 Å². The molecule has 0 bridgehead atoms. The number of anilines is 1. The van der Waals surface area contributed by atoms with Crippen LogP contribution < -0.4 is 5.32 Å². The van der Waals surface area contributed by atoms with Gasteiger partial charge in [-0.3, -0.25) is 0 Å². The highest BCUT2D eigenvalue weighted by Gasteiger charge is 2.50. The van der Waals surface area contributed by atoms with Crippen LogP contribution in [0.25, 0.3) is 0 Å². The maximum atomic E-state index is 13.0. The van der Waals surface area contributed by atoms with Gasteiger partial charge >= 0.3 is 11.9 Å². The molecule has 1 unspecified atom stereocenters. The number of hydrogen-bond acceptors (Lipinski definition) is 3. The van der Waals surface area contributed by atoms with Crippen LogP contribution in [0.3, 0.4) is 0 Å². The third kappa shape index (κ3) is 2.57. The fourth-order valence-electron chi connectivity index (χ4n) is 1.75. The van der Waals surface area contributed by atoms with Crippen LogP contribution in [0.2, 0.25) is 0 Å². The van der Waals surface area contributed by atoms with Gasteiger partial charge in [0.15, 0.2) is 0 Å². The minimum Gasteiger partial charge on any atom is -0.456 e. The van der Waals surface area contributed by atoms with Crippen molar-refractivity contribution >= 4 is 11.7 Å². The standard InChI is InChI=1S/C12H12F3NO2/c1-7-4-8(2-3-10(7)13)16-6-9-5-12(14,15)11(17)18-9/h2-4,9,16H,5-6H2,1H3. The minimum atomic E-state index is -3.40. The van der Waals surface area contributed by atoms with Crippen molar-refractivity contribution in [1.82, 2.24) is 0 Å². The quantitative estimate of drug-likeness (QED) is 0.847. The molecule has 18 heavy (non-hydrogen) atoms. The number of halogens is 3. The maximum Gasteiger partial charge on any atom is 0.377 e. The molecule has 98 valence electrons. The number of cyclic esters (lactones) is 1. The van der Waals surface area contributed by atoms with E-state index in [4.69, 9.17) is 0 Å². The molecule has 0 aromatic heterocycles. The minimum absolute atomic E-state index is 0.0758. The van der Waals surface area contributed by atoms with E-state index >= 15 is 0 Å². The lowest BCUT2D eigenvalue weighted by Crippen LogP contribution is -2.22. The number of carbonyl (C=O) groups excluding carboxylic acids is 1. The third-order valence-electron chi connectivity index (χ3n) is 2.75. The maximum absolute atomic E-state index is 13.0. The lowest BCUT2D eigenvalue weighted by atomic mass is 10.2. The number of aryl methyl sites for hydroxylation is 1. The summed E-state index contributed by atoms with van der Waals surface area (Å²) in [7, 11) is 0. The Balaban J connectivity index is 1.93. The van der Waals surface area contributed by atoms with Crippen molar-refractivity contribution in [2.24, 2.45) is 0 Å². The zero-order chi connectivity index (χ0) is 13.3. The molecule has 1 fully saturated rings. The Labute approximate surface area is 102 Å². The fraction of sp³-hybridized carbons (Fsp3) is 0.417. The van der Waals surface area contributed by atoms with Crippen molar-refractivity contribution < 1.29 is 22.7 Å². The van der Waals surface area contributed by atoms with Crippen molar-refractivity contribution in [3.63, 3.8) is 0 Å². The highest BCUT2D eigenvalue weighted by atomic mass is 19.3. The molecule has 3 nitrogen and oxygen atoms in total. The van der Waals surface area contributed by atoms with Gasteiger partial charge in [-0.1, -0.05) is 0 Å². The van der Waals surface area contributed by atoms with Crippen molar-refractivity contribution in [1.29, 1.82) is 0 Å². The Bertz CT molecular complexity index is 476. The Hall–Kier alpha value is -1.72. The van der Waals surface area contributed by atoms with Crippen molar-refractivity contribution in [2.45, 2.75) is 25.4 Å². The van der Waals surface area contributed by atoms with Gasteiger partial charge in [-0.25, -0.2) is 9.18 Å². The molecule has 0 radical (unpaired) electrons. The summed E-state index contributed by atoms with van der Waals surface area (Å²) in [4.78, 5) is 10.8. The highest BCUT2D eigenvalue weighted by Crippen LogP contribution is 2.30. The number of hydrogen-bond donors (Lipinski definition) is 1. The Morgan fingerprint density at radius 3 is 2.78 bits per heavy atom. The molecule has 0 spiro atoms. The lowest BCUT2D eigenvalue weighted by molar-refractivity contribution is -0.158. The SMILES string of the molecule is Cc1cc(NCC2CC(F)(F)C(=O)O2)ccc1F. The van der Waals surface area contributed by atoms with E-state index in [1.165, 1.54) is 12.1 Å². The monoisotopic (exact) mass is 259 g/mol. The van der Waals surface area contributed by atoms with Gasteiger partial charge in [0.25, 0.3) is 0 Å². The zero-order valence-corrected chi connectivity index (χ0v) is 9.67. The molecule has 0 saturated carbocycles. The summed E-state index contributed by atoms with van der Waals surface area (Å²) < 4.78 is 43.3. The van der Waals surface area contributed by atoms with Crippen LogP contribution in [0.4, 0.5) is 18.9 Å². The largest absolute Gasteiger partial charge is 0.456 e. The van der Waals surface area contributed by atoms with Crippen LogP contribution >= 0.6 is 0 Å². The van der Waals surface area contributed by atoms with E-state index in [1.54, 1.807) is 13.0 Å². The molecular formula is C12H12F3NO2. The molecule has 0 aliphatic carbocycles. The molecule has 2 rings (SSSR count). The molecule has 6 heteroatoms. The number of carbonyl (C=O) groups is 1. The number of nitrogens with one attached hydrogen (secondary N) is 1. The van der Waals surface area contributed by atoms with E-state index in [2.05, 4.69) is 10.1 Å². The molecular weight excluding hydrogens is 247 g/mol. The van der Waals surface area contributed by atoms with Crippen LogP contribution in [0.1, 0.15) is 12.0 Å². The second kappa shape index (κ2) is 4.51. The number of rotatable bonds is 3. The number of ether oxygens (including phenoxy) is 1. The van der Waals surface area contributed by atoms with Gasteiger partial charge in [-0.05, 0) is 30.7 Å². The second-order valence-corrected chi connectivity index (χ2v) is 4.28. The number of benzene rings is 1. The molecule has 0 amide bonds. The van der Waals surface area contributed by atoms with Gasteiger partial charge in [0.05, 0.1) is 13.0 Å². The molecule has 1 aromatic rings. The topological polar surface area (TPSA) is 38.3 Å². The predicted molar refractivity (Wildman–Crippen MR) is 59.1 cm³/mol. The Kier molecular flexibility index (Phi) is 3.19. The van der Waals surface area contributed by atoms with E-state index in [0.717, 1.165) is 0 Å². The number of esters is 1. The average Bonchev–Trinajstić information content (AvgIpc) is 2.55. The summed E-state index contributed by atoms with van der Waals surface area (Å²) in [5.41, 5.74) is 1.05. The summed E-state index contributed by atoms with van der Waals surface area (Å²) in [6.07, 6.45) is -1.49. The van der Waals surface area contributed by atoms with E-state index in [1.807, 2.05) is 0 Å². The first-order valence-corrected chi connectivity index (χ1v) is 5.47. The van der Waals surface area contributed by atoms with Gasteiger partial charge in [-0.2, -0.15) is 8.78 Å². The van der Waals surface area contributed by atoms with Crippen molar-refractivity contribution in [3.8, 4) is 0 Å². The lowest BCUT2D eigenvalue weighted by Gasteiger charge is -2.11. The summed E-state index contributed by atoms with van der Waals surface area (Å²) in [5, 5.41) is 2.84. The van der Waals surface area contributed by atoms with Crippen LogP contribution in [0.15, 0.2) is 18.2 Å². The molecule has 1 aromatic carbocycles. The van der Waals surface area contributed by atoms with Crippen LogP contribution in [0, 0.1) is 12.7 Å². The van der Waals surface area contributed by atoms with Gasteiger partial charge in [-0.15, -0.1) is 0 Å². The van der Waals surface area contributed by atoms with Crippen LogP contribution in [0.5, 0.6) is 0 Å². The van der Waals surface area contributed by atoms with Crippen LogP contribution in [-0.4, -0.2) is 24.5 Å². The Morgan fingerprint density at radius 2 is 2.22 bits per heavy atom. The van der Waals surface area contributed by atoms with E-state index in [0.29, 0.717) is 11.3 Å². The highest BCUT2D eigenvalue weighted by molar-refractivity contribution is 5.79. The van der Waals surface area contributed by atoms with Gasteiger partial charge < -0.3 is 10.1 Å². The van der Waals surface area contributed by atoms with E-state index in [9.17, 15) is 18.0 Å². The van der Waals surface area contributed by atoms with Gasteiger partial charge in [0.1, 0.15) is 11.9 Å². The Morgan fingerprint density at radius 1 is 1.50 bits per heavy atom. The smallest absolute Gasteiger partial charge is 0.377 e. The first-order chi connectivity index (χ1) is 8.38. The molecule has 1 aliphatic heterocycles. The zero-order valence-electron chi connectivity index (χ0n) is 9.67. The van der Waals surface area contributed by atoms with E-state index in [-0.39, 0.29) is 12.4 Å².